The average molecular weight is 511 g/mol. The van der Waals surface area contributed by atoms with Crippen molar-refractivity contribution in [1.29, 1.82) is 0 Å². The van der Waals surface area contributed by atoms with E-state index in [0.717, 1.165) is 54.4 Å². The van der Waals surface area contributed by atoms with E-state index in [0.29, 0.717) is 19.6 Å². The quantitative estimate of drug-likeness (QED) is 0.320. The summed E-state index contributed by atoms with van der Waals surface area (Å²) < 4.78 is 6.34. The van der Waals surface area contributed by atoms with Gasteiger partial charge in [0, 0.05) is 48.4 Å². The van der Waals surface area contributed by atoms with Gasteiger partial charge in [-0.1, -0.05) is 41.9 Å². The second-order valence-electron chi connectivity index (χ2n) is 9.95. The Labute approximate surface area is 218 Å². The van der Waals surface area contributed by atoms with Crippen molar-refractivity contribution in [1.82, 2.24) is 9.80 Å². The first-order valence-electron chi connectivity index (χ1n) is 12.3. The molecule has 1 aliphatic rings. The predicted molar refractivity (Wildman–Crippen MR) is 145 cm³/mol. The van der Waals surface area contributed by atoms with Crippen LogP contribution in [0.1, 0.15) is 40.8 Å². The first-order valence-corrected chi connectivity index (χ1v) is 13.5. The molecule has 35 heavy (non-hydrogen) atoms. The van der Waals surface area contributed by atoms with Gasteiger partial charge in [0.25, 0.3) is 0 Å². The van der Waals surface area contributed by atoms with Crippen molar-refractivity contribution in [2.24, 2.45) is 5.41 Å². The standard InChI is InChI=1S/C29H35ClN2O2S/c1-22-12-15-35-27(22)19-32-14-7-13-29(20-32,21-34-25-10-11-26(30)23(2)16-25)17-28(33)31(3)18-24-8-5-4-6-9-24/h4-6,8-12,15-16H,7,13-14,17-21H2,1-3H3/t29-/m0/s1. The predicted octanol–water partition coefficient (Wildman–Crippen LogP) is 6.73. The number of rotatable bonds is 9. The van der Waals surface area contributed by atoms with Crippen LogP contribution in [0.5, 0.6) is 5.75 Å². The zero-order valence-electron chi connectivity index (χ0n) is 20.9. The smallest absolute Gasteiger partial charge is 0.223 e. The third kappa shape index (κ3) is 6.87. The lowest BCUT2D eigenvalue weighted by Crippen LogP contribution is -2.48. The molecule has 0 spiro atoms. The molecule has 2 heterocycles. The SMILES string of the molecule is Cc1cc(OC[C@]2(CC(=O)N(C)Cc3ccccc3)CCCN(Cc3sccc3C)C2)ccc1Cl. The second kappa shape index (κ2) is 11.6. The molecular weight excluding hydrogens is 476 g/mol. The number of nitrogens with zero attached hydrogens (tertiary/aromatic N) is 2. The van der Waals surface area contributed by atoms with E-state index in [9.17, 15) is 4.79 Å². The molecule has 0 N–H and O–H groups in total. The topological polar surface area (TPSA) is 32.8 Å². The third-order valence-corrected chi connectivity index (χ3v) is 8.40. The molecule has 1 fully saturated rings. The van der Waals surface area contributed by atoms with E-state index in [1.807, 2.05) is 66.6 Å². The van der Waals surface area contributed by atoms with E-state index in [4.69, 9.17) is 16.3 Å². The molecule has 186 valence electrons. The van der Waals surface area contributed by atoms with Gasteiger partial charge in [-0.05, 0) is 79.6 Å². The number of amides is 1. The molecule has 3 aromatic rings. The normalized spacial score (nSPS) is 18.4. The Morgan fingerprint density at radius 2 is 1.94 bits per heavy atom. The Kier molecular flexibility index (Phi) is 8.53. The van der Waals surface area contributed by atoms with Gasteiger partial charge in [0.15, 0.2) is 0 Å². The molecule has 1 amide bonds. The zero-order chi connectivity index (χ0) is 24.8. The van der Waals surface area contributed by atoms with Gasteiger partial charge in [0.1, 0.15) is 5.75 Å². The van der Waals surface area contributed by atoms with Gasteiger partial charge in [-0.3, -0.25) is 9.69 Å². The maximum Gasteiger partial charge on any atom is 0.223 e. The van der Waals surface area contributed by atoms with E-state index >= 15 is 0 Å². The minimum atomic E-state index is -0.237. The number of halogens is 1. The summed E-state index contributed by atoms with van der Waals surface area (Å²) in [6.07, 6.45) is 2.51. The number of aryl methyl sites for hydroxylation is 2. The number of thiophene rings is 1. The molecular formula is C29H35ClN2O2S. The maximum absolute atomic E-state index is 13.4. The van der Waals surface area contributed by atoms with Gasteiger partial charge >= 0.3 is 0 Å². The van der Waals surface area contributed by atoms with Crippen LogP contribution in [0.25, 0.3) is 0 Å². The number of carbonyl (C=O) groups is 1. The molecule has 0 radical (unpaired) electrons. The Bertz CT molecular complexity index is 1130. The molecule has 4 rings (SSSR count). The largest absolute Gasteiger partial charge is 0.493 e. The first-order chi connectivity index (χ1) is 16.8. The zero-order valence-corrected chi connectivity index (χ0v) is 22.5. The Morgan fingerprint density at radius 3 is 2.66 bits per heavy atom. The van der Waals surface area contributed by atoms with Crippen LogP contribution in [0.3, 0.4) is 0 Å². The summed E-state index contributed by atoms with van der Waals surface area (Å²) in [6.45, 7) is 8.12. The van der Waals surface area contributed by atoms with Crippen LogP contribution in [0.2, 0.25) is 5.02 Å². The number of ether oxygens (including phenoxy) is 1. The van der Waals surface area contributed by atoms with E-state index in [1.54, 1.807) is 0 Å². The van der Waals surface area contributed by atoms with Gasteiger partial charge in [-0.15, -0.1) is 11.3 Å². The van der Waals surface area contributed by atoms with Crippen LogP contribution in [-0.2, 0) is 17.9 Å². The number of likely N-dealkylation sites (tertiary alicyclic amines) is 1. The third-order valence-electron chi connectivity index (χ3n) is 6.96. The molecule has 1 aromatic heterocycles. The summed E-state index contributed by atoms with van der Waals surface area (Å²) in [5.41, 5.74) is 3.25. The molecule has 2 aromatic carbocycles. The summed E-state index contributed by atoms with van der Waals surface area (Å²) in [4.78, 5) is 19.2. The summed E-state index contributed by atoms with van der Waals surface area (Å²) in [6, 6.07) is 18.1. The molecule has 0 bridgehead atoms. The van der Waals surface area contributed by atoms with Gasteiger partial charge in [0.05, 0.1) is 6.61 Å². The molecule has 6 heteroatoms. The number of benzene rings is 2. The Hall–Kier alpha value is -2.34. The molecule has 0 unspecified atom stereocenters. The Morgan fingerprint density at radius 1 is 1.14 bits per heavy atom. The highest BCUT2D eigenvalue weighted by molar-refractivity contribution is 7.10. The minimum absolute atomic E-state index is 0.166. The fourth-order valence-corrected chi connectivity index (χ4v) is 5.94. The van der Waals surface area contributed by atoms with Crippen LogP contribution in [0.4, 0.5) is 0 Å². The van der Waals surface area contributed by atoms with Crippen LogP contribution >= 0.6 is 22.9 Å². The molecule has 0 aliphatic carbocycles. The molecule has 1 atom stereocenters. The van der Waals surface area contributed by atoms with Crippen LogP contribution in [-0.4, -0.2) is 42.5 Å². The van der Waals surface area contributed by atoms with Crippen molar-refractivity contribution >= 4 is 28.8 Å². The van der Waals surface area contributed by atoms with Crippen molar-refractivity contribution in [3.05, 3.63) is 86.6 Å². The fourth-order valence-electron chi connectivity index (χ4n) is 4.87. The summed E-state index contributed by atoms with van der Waals surface area (Å²) in [7, 11) is 1.90. The highest BCUT2D eigenvalue weighted by Gasteiger charge is 2.39. The van der Waals surface area contributed by atoms with E-state index in [2.05, 4.69) is 35.4 Å². The maximum atomic E-state index is 13.4. The Balaban J connectivity index is 1.50. The molecule has 1 aliphatic heterocycles. The minimum Gasteiger partial charge on any atom is -0.493 e. The molecule has 0 saturated carbocycles. The lowest BCUT2D eigenvalue weighted by molar-refractivity contribution is -0.135. The van der Waals surface area contributed by atoms with Crippen molar-refractivity contribution in [2.45, 2.75) is 46.2 Å². The van der Waals surface area contributed by atoms with Crippen molar-refractivity contribution in [3.63, 3.8) is 0 Å². The van der Waals surface area contributed by atoms with Crippen molar-refractivity contribution in [2.75, 3.05) is 26.7 Å². The number of carbonyl (C=O) groups excluding carboxylic acids is 1. The van der Waals surface area contributed by atoms with Crippen molar-refractivity contribution < 1.29 is 9.53 Å². The fraction of sp³-hybridized carbons (Fsp3) is 0.414. The average Bonchev–Trinajstić information content (AvgIpc) is 3.25. The van der Waals surface area contributed by atoms with Crippen molar-refractivity contribution in [3.8, 4) is 5.75 Å². The number of hydrogen-bond acceptors (Lipinski definition) is 4. The molecule has 4 nitrogen and oxygen atoms in total. The number of hydrogen-bond donors (Lipinski definition) is 0. The van der Waals surface area contributed by atoms with E-state index in [-0.39, 0.29) is 11.3 Å². The van der Waals surface area contributed by atoms with Gasteiger partial charge < -0.3 is 9.64 Å². The van der Waals surface area contributed by atoms with E-state index in [1.165, 1.54) is 10.4 Å². The summed E-state index contributed by atoms with van der Waals surface area (Å²) in [5, 5.41) is 2.90. The van der Waals surface area contributed by atoms with Gasteiger partial charge in [-0.25, -0.2) is 0 Å². The highest BCUT2D eigenvalue weighted by atomic mass is 35.5. The lowest BCUT2D eigenvalue weighted by atomic mass is 9.77. The first kappa shape index (κ1) is 25.7. The summed E-state index contributed by atoms with van der Waals surface area (Å²) >= 11 is 8.03. The second-order valence-corrected chi connectivity index (χ2v) is 11.4. The summed E-state index contributed by atoms with van der Waals surface area (Å²) in [5.74, 6) is 0.974. The highest BCUT2D eigenvalue weighted by Crippen LogP contribution is 2.37. The van der Waals surface area contributed by atoms with E-state index < -0.39 is 0 Å². The van der Waals surface area contributed by atoms with Gasteiger partial charge in [-0.2, -0.15) is 0 Å². The van der Waals surface area contributed by atoms with Crippen LogP contribution in [0, 0.1) is 19.3 Å². The lowest BCUT2D eigenvalue weighted by Gasteiger charge is -2.43. The van der Waals surface area contributed by atoms with Crippen LogP contribution < -0.4 is 4.74 Å². The monoisotopic (exact) mass is 510 g/mol. The molecule has 1 saturated heterocycles. The van der Waals surface area contributed by atoms with Crippen LogP contribution in [0.15, 0.2) is 60.0 Å². The number of piperidine rings is 1. The van der Waals surface area contributed by atoms with Gasteiger partial charge in [0.2, 0.25) is 5.91 Å².